The van der Waals surface area contributed by atoms with E-state index in [1.165, 1.54) is 36.4 Å². The summed E-state index contributed by atoms with van der Waals surface area (Å²) >= 11 is 0. The van der Waals surface area contributed by atoms with Crippen LogP contribution in [-0.4, -0.2) is 35.1 Å². The average molecular weight is 589 g/mol. The molecular weight excluding hydrogens is 560 g/mol. The first kappa shape index (κ1) is 28.7. The Kier molecular flexibility index (Phi) is 7.60. The summed E-state index contributed by atoms with van der Waals surface area (Å²) in [6.45, 7) is 1.78. The first-order valence-electron chi connectivity index (χ1n) is 13.0. The summed E-state index contributed by atoms with van der Waals surface area (Å²) in [5.41, 5.74) is -0.0250. The zero-order chi connectivity index (χ0) is 29.4. The molecule has 1 saturated carbocycles. The normalized spacial score (nSPS) is 16.3. The van der Waals surface area contributed by atoms with Crippen molar-refractivity contribution >= 4 is 32.8 Å². The van der Waals surface area contributed by atoms with Crippen LogP contribution in [0.15, 0.2) is 65.6 Å². The smallest absolute Gasteiger partial charge is 0.354 e. The number of pyridine rings is 1. The van der Waals surface area contributed by atoms with Gasteiger partial charge in [-0.3, -0.25) is 0 Å². The fourth-order valence-electron chi connectivity index (χ4n) is 5.03. The predicted octanol–water partition coefficient (Wildman–Crippen LogP) is 6.33. The van der Waals surface area contributed by atoms with Crippen molar-refractivity contribution in [2.75, 3.05) is 10.6 Å². The fraction of sp³-hybridized carbons (Fsp3) is 0.321. The van der Waals surface area contributed by atoms with Gasteiger partial charge in [0.15, 0.2) is 5.82 Å². The van der Waals surface area contributed by atoms with Crippen molar-refractivity contribution in [2.24, 2.45) is 5.14 Å². The number of primary sulfonamides is 1. The molecule has 0 spiro atoms. The van der Waals surface area contributed by atoms with Crippen LogP contribution in [0.2, 0.25) is 0 Å². The molecule has 1 aliphatic carbocycles. The summed E-state index contributed by atoms with van der Waals surface area (Å²) in [6, 6.07) is 14.4. The van der Waals surface area contributed by atoms with Gasteiger partial charge in [-0.1, -0.05) is 31.4 Å². The summed E-state index contributed by atoms with van der Waals surface area (Å²) in [6.07, 6.45) is -3.19. The van der Waals surface area contributed by atoms with E-state index in [0.29, 0.717) is 41.6 Å². The summed E-state index contributed by atoms with van der Waals surface area (Å²) in [7, 11) is -3.86. The molecule has 0 amide bonds. The number of halogens is 4. The maximum Gasteiger partial charge on any atom is 0.411 e. The highest BCUT2D eigenvalue weighted by atomic mass is 32.2. The number of fused-ring (bicyclic) bond motifs is 1. The summed E-state index contributed by atoms with van der Waals surface area (Å²) in [5, 5.41) is 11.0. The van der Waals surface area contributed by atoms with Gasteiger partial charge in [0.25, 0.3) is 0 Å². The Morgan fingerprint density at radius 3 is 2.17 bits per heavy atom. The van der Waals surface area contributed by atoms with Crippen molar-refractivity contribution in [3.8, 4) is 11.3 Å². The van der Waals surface area contributed by atoms with E-state index in [9.17, 15) is 26.0 Å². The zero-order valence-corrected chi connectivity index (χ0v) is 22.9. The van der Waals surface area contributed by atoms with Gasteiger partial charge < -0.3 is 10.6 Å². The van der Waals surface area contributed by atoms with Crippen LogP contribution in [0.4, 0.5) is 29.3 Å². The number of nitrogens with one attached hydrogen (secondary N) is 2. The van der Waals surface area contributed by atoms with Crippen LogP contribution in [0.1, 0.15) is 50.6 Å². The first-order chi connectivity index (χ1) is 19.3. The molecule has 1 fully saturated rings. The number of aromatic nitrogens is 3. The number of benzene rings is 2. The van der Waals surface area contributed by atoms with Crippen LogP contribution in [0.5, 0.6) is 0 Å². The second kappa shape index (κ2) is 10.9. The highest BCUT2D eigenvalue weighted by molar-refractivity contribution is 7.89. The molecule has 5 rings (SSSR count). The van der Waals surface area contributed by atoms with Crippen LogP contribution in [-0.2, 0) is 10.0 Å². The lowest BCUT2D eigenvalue weighted by atomic mass is 9.81. The number of nitrogens with zero attached hydrogens (tertiary/aromatic N) is 3. The van der Waals surface area contributed by atoms with E-state index < -0.39 is 33.6 Å². The Hall–Kier alpha value is -3.84. The van der Waals surface area contributed by atoms with Crippen molar-refractivity contribution in [1.29, 1.82) is 0 Å². The number of hydrogen-bond acceptors (Lipinski definition) is 7. The monoisotopic (exact) mass is 588 g/mol. The quantitative estimate of drug-likeness (QED) is 0.216. The van der Waals surface area contributed by atoms with E-state index in [-0.39, 0.29) is 35.0 Å². The third kappa shape index (κ3) is 6.10. The van der Waals surface area contributed by atoms with Gasteiger partial charge in [0.05, 0.1) is 22.1 Å². The fourth-order valence-corrected chi connectivity index (χ4v) is 5.55. The summed E-state index contributed by atoms with van der Waals surface area (Å²) < 4.78 is 80.1. The number of anilines is 2. The summed E-state index contributed by atoms with van der Waals surface area (Å²) in [4.78, 5) is 13.5. The number of sulfonamides is 1. The minimum atomic E-state index is -4.54. The molecule has 216 valence electrons. The molecule has 13 heteroatoms. The van der Waals surface area contributed by atoms with Crippen LogP contribution >= 0.6 is 0 Å². The molecule has 1 aliphatic rings. The molecule has 2 heterocycles. The molecule has 2 aromatic carbocycles. The molecule has 4 N–H and O–H groups in total. The number of alkyl halides is 3. The molecule has 1 atom stereocenters. The predicted molar refractivity (Wildman–Crippen MR) is 148 cm³/mol. The van der Waals surface area contributed by atoms with Crippen molar-refractivity contribution in [1.82, 2.24) is 15.0 Å². The lowest BCUT2D eigenvalue weighted by Crippen LogP contribution is -2.53. The van der Waals surface area contributed by atoms with Crippen LogP contribution in [0, 0.1) is 5.82 Å². The van der Waals surface area contributed by atoms with Gasteiger partial charge in [-0.15, -0.1) is 0 Å². The molecule has 0 bridgehead atoms. The van der Waals surface area contributed by atoms with Crippen LogP contribution in [0.3, 0.4) is 0 Å². The molecule has 1 unspecified atom stereocenters. The highest BCUT2D eigenvalue weighted by Crippen LogP contribution is 2.44. The molecular formula is C28H28F4N6O2S. The minimum absolute atomic E-state index is 0.0464. The Balaban J connectivity index is 1.56. The SMILES string of the molecule is CC(Nc1nc(NC2(C(F)(F)F)CCCCC2)c2nc(-c3ccc(F)cc3)ccc2n1)c1ccc(S(N)(=O)=O)cc1. The number of hydrogen-bond donors (Lipinski definition) is 3. The molecule has 41 heavy (non-hydrogen) atoms. The molecule has 4 aromatic rings. The van der Waals surface area contributed by atoms with Crippen molar-refractivity contribution in [3.63, 3.8) is 0 Å². The van der Waals surface area contributed by atoms with Gasteiger partial charge in [0, 0.05) is 5.56 Å². The third-order valence-electron chi connectivity index (χ3n) is 7.34. The minimum Gasteiger partial charge on any atom is -0.354 e. The maximum absolute atomic E-state index is 14.5. The van der Waals surface area contributed by atoms with E-state index >= 15 is 0 Å². The van der Waals surface area contributed by atoms with Crippen molar-refractivity contribution < 1.29 is 26.0 Å². The number of nitrogens with two attached hydrogens (primary N) is 1. The average Bonchev–Trinajstić information content (AvgIpc) is 2.93. The largest absolute Gasteiger partial charge is 0.411 e. The van der Waals surface area contributed by atoms with Gasteiger partial charge in [0.1, 0.15) is 16.9 Å². The van der Waals surface area contributed by atoms with E-state index in [4.69, 9.17) is 5.14 Å². The Bertz CT molecular complexity index is 1660. The highest BCUT2D eigenvalue weighted by Gasteiger charge is 2.55. The second-order valence-corrected chi connectivity index (χ2v) is 11.8. The molecule has 0 aliphatic heterocycles. The van der Waals surface area contributed by atoms with Gasteiger partial charge >= 0.3 is 6.18 Å². The Morgan fingerprint density at radius 2 is 1.56 bits per heavy atom. The lowest BCUT2D eigenvalue weighted by molar-refractivity contribution is -0.186. The molecule has 8 nitrogen and oxygen atoms in total. The van der Waals surface area contributed by atoms with Gasteiger partial charge in [-0.05, 0) is 73.9 Å². The van der Waals surface area contributed by atoms with E-state index in [2.05, 4.69) is 25.6 Å². The van der Waals surface area contributed by atoms with Crippen LogP contribution < -0.4 is 15.8 Å². The van der Waals surface area contributed by atoms with Crippen molar-refractivity contribution in [2.45, 2.75) is 61.7 Å². The third-order valence-corrected chi connectivity index (χ3v) is 8.27. The zero-order valence-electron chi connectivity index (χ0n) is 22.0. The van der Waals surface area contributed by atoms with E-state index in [0.717, 1.165) is 0 Å². The van der Waals surface area contributed by atoms with Crippen molar-refractivity contribution in [3.05, 3.63) is 72.0 Å². The van der Waals surface area contributed by atoms with E-state index in [1.54, 1.807) is 31.2 Å². The molecule has 0 saturated heterocycles. The number of rotatable bonds is 7. The molecule has 0 radical (unpaired) electrons. The maximum atomic E-state index is 14.5. The Morgan fingerprint density at radius 1 is 0.902 bits per heavy atom. The van der Waals surface area contributed by atoms with Gasteiger partial charge in [-0.25, -0.2) is 27.9 Å². The standard InChI is InChI=1S/C28H28F4N6O2S/c1-17(18-7-11-21(12-8-18)41(33,39)40)34-26-36-23-14-13-22(19-5-9-20(29)10-6-19)35-24(23)25(37-26)38-27(28(30,31)32)15-3-2-4-16-27/h5-14,17H,2-4,15-16H2,1H3,(H2,33,39,40)(H2,34,36,37,38). The Labute approximate surface area is 234 Å². The summed E-state index contributed by atoms with van der Waals surface area (Å²) in [5.74, 6) is -0.432. The lowest BCUT2D eigenvalue weighted by Gasteiger charge is -2.40. The topological polar surface area (TPSA) is 123 Å². The van der Waals surface area contributed by atoms with Gasteiger partial charge in [0.2, 0.25) is 16.0 Å². The van der Waals surface area contributed by atoms with E-state index in [1.807, 2.05) is 0 Å². The second-order valence-electron chi connectivity index (χ2n) is 10.2. The molecule has 2 aromatic heterocycles. The van der Waals surface area contributed by atoms with Gasteiger partial charge in [-0.2, -0.15) is 18.2 Å². The van der Waals surface area contributed by atoms with Crippen LogP contribution in [0.25, 0.3) is 22.3 Å². The first-order valence-corrected chi connectivity index (χ1v) is 14.6.